The van der Waals surface area contributed by atoms with Gasteiger partial charge < -0.3 is 9.59 Å². The zero-order valence-electron chi connectivity index (χ0n) is 22.7. The summed E-state index contributed by atoms with van der Waals surface area (Å²) >= 11 is 0. The fourth-order valence-electron chi connectivity index (χ4n) is 8.30. The SMILES string of the molecule is CC(=O)CCC1(CCC2(CCC(C)=O)c3ccccc3C3=CC=CC[C@H]32)c2ccccc2C2=CC=CC[C@H]21. The topological polar surface area (TPSA) is 34.1 Å². The molecule has 0 bridgehead atoms. The highest BCUT2D eigenvalue weighted by molar-refractivity contribution is 5.82. The van der Waals surface area contributed by atoms with Crippen molar-refractivity contribution in [2.24, 2.45) is 11.8 Å². The molecule has 0 saturated carbocycles. The van der Waals surface area contributed by atoms with Gasteiger partial charge in [-0.25, -0.2) is 0 Å². The lowest BCUT2D eigenvalue weighted by atomic mass is 9.59. The minimum absolute atomic E-state index is 0.0754. The van der Waals surface area contributed by atoms with Gasteiger partial charge in [0.15, 0.2) is 0 Å². The first-order chi connectivity index (χ1) is 18.5. The van der Waals surface area contributed by atoms with E-state index in [4.69, 9.17) is 0 Å². The lowest BCUT2D eigenvalue weighted by molar-refractivity contribution is -0.118. The average molecular weight is 503 g/mol. The summed E-state index contributed by atoms with van der Waals surface area (Å²) in [4.78, 5) is 24.8. The molecule has 2 nitrogen and oxygen atoms in total. The fraction of sp³-hybridized carbons (Fsp3) is 0.389. The second-order valence-corrected chi connectivity index (χ2v) is 12.0. The Balaban J connectivity index is 1.47. The Bertz CT molecular complexity index is 1290. The van der Waals surface area contributed by atoms with Crippen molar-refractivity contribution in [2.45, 2.75) is 76.0 Å². The first kappa shape index (κ1) is 25.0. The Labute approximate surface area is 227 Å². The summed E-state index contributed by atoms with van der Waals surface area (Å²) in [5, 5.41) is 0. The Hall–Kier alpha value is -3.26. The Morgan fingerprint density at radius 3 is 1.50 bits per heavy atom. The highest BCUT2D eigenvalue weighted by Crippen LogP contribution is 2.62. The smallest absolute Gasteiger partial charge is 0.129 e. The second kappa shape index (κ2) is 9.80. The molecule has 2 aromatic carbocycles. The van der Waals surface area contributed by atoms with Gasteiger partial charge in [-0.3, -0.25) is 0 Å². The number of fused-ring (bicyclic) bond motifs is 6. The van der Waals surface area contributed by atoms with E-state index in [2.05, 4.69) is 85.0 Å². The van der Waals surface area contributed by atoms with E-state index in [-0.39, 0.29) is 22.4 Å². The zero-order valence-corrected chi connectivity index (χ0v) is 22.7. The van der Waals surface area contributed by atoms with Crippen LogP contribution in [0.5, 0.6) is 0 Å². The molecule has 4 aliphatic rings. The number of ketones is 2. The number of Topliss-reactive ketones (excluding diaryl/α,β-unsaturated/α-hetero) is 2. The summed E-state index contributed by atoms with van der Waals surface area (Å²) in [5.41, 5.74) is 8.33. The summed E-state index contributed by atoms with van der Waals surface area (Å²) in [6.07, 6.45) is 20.7. The maximum Gasteiger partial charge on any atom is 0.129 e. The van der Waals surface area contributed by atoms with Gasteiger partial charge in [-0.15, -0.1) is 0 Å². The van der Waals surface area contributed by atoms with Crippen molar-refractivity contribution in [2.75, 3.05) is 0 Å². The molecule has 2 unspecified atom stereocenters. The predicted octanol–water partition coefficient (Wildman–Crippen LogP) is 8.33. The molecule has 0 N–H and O–H groups in total. The van der Waals surface area contributed by atoms with Gasteiger partial charge in [0.05, 0.1) is 0 Å². The van der Waals surface area contributed by atoms with E-state index in [0.717, 1.165) is 38.5 Å². The van der Waals surface area contributed by atoms with Crippen LogP contribution in [0.2, 0.25) is 0 Å². The molecule has 0 amide bonds. The van der Waals surface area contributed by atoms with E-state index in [1.807, 2.05) is 0 Å². The highest BCUT2D eigenvalue weighted by Gasteiger charge is 2.53. The number of allylic oxidation sites excluding steroid dienone is 8. The third-order valence-electron chi connectivity index (χ3n) is 10.1. The normalized spacial score (nSPS) is 28.2. The predicted molar refractivity (Wildman–Crippen MR) is 156 cm³/mol. The maximum atomic E-state index is 12.4. The van der Waals surface area contributed by atoms with E-state index in [1.165, 1.54) is 33.4 Å². The van der Waals surface area contributed by atoms with Crippen LogP contribution >= 0.6 is 0 Å². The fourth-order valence-corrected chi connectivity index (χ4v) is 8.30. The molecule has 0 saturated heterocycles. The average Bonchev–Trinajstić information content (AvgIpc) is 3.38. The molecule has 2 heteroatoms. The number of carbonyl (C=O) groups is 2. The van der Waals surface area contributed by atoms with Gasteiger partial charge >= 0.3 is 0 Å². The number of hydrogen-bond donors (Lipinski definition) is 0. The van der Waals surface area contributed by atoms with E-state index in [1.54, 1.807) is 13.8 Å². The molecular formula is C36H38O2. The molecular weight excluding hydrogens is 464 g/mol. The highest BCUT2D eigenvalue weighted by atomic mass is 16.1. The minimum Gasteiger partial charge on any atom is -0.300 e. The van der Waals surface area contributed by atoms with E-state index in [0.29, 0.717) is 24.7 Å². The molecule has 38 heavy (non-hydrogen) atoms. The quantitative estimate of drug-likeness (QED) is 0.345. The van der Waals surface area contributed by atoms with Crippen molar-refractivity contribution in [1.82, 2.24) is 0 Å². The standard InChI is InChI=1S/C36H38O2/c1-25(37)19-21-35(31-15-7-3-11-27(31)28-12-4-8-16-32(28)35)23-24-36(22-20-26(2)38)33-17-9-5-13-29(33)30-14-6-10-18-34(30)36/h3-15,17,32,34H,16,18-24H2,1-2H3/t32-,34-,35?,36?/m1/s1. The maximum absolute atomic E-state index is 12.4. The van der Waals surface area contributed by atoms with Crippen LogP contribution in [0.25, 0.3) is 11.1 Å². The van der Waals surface area contributed by atoms with Crippen LogP contribution in [0, 0.1) is 11.8 Å². The van der Waals surface area contributed by atoms with Crippen LogP contribution in [0.3, 0.4) is 0 Å². The first-order valence-electron chi connectivity index (χ1n) is 14.4. The molecule has 0 aliphatic heterocycles. The van der Waals surface area contributed by atoms with Gasteiger partial charge in [0.1, 0.15) is 11.6 Å². The molecule has 2 aromatic rings. The van der Waals surface area contributed by atoms with Gasteiger partial charge in [-0.2, -0.15) is 0 Å². The molecule has 4 atom stereocenters. The van der Waals surface area contributed by atoms with Crippen LogP contribution in [0.15, 0.2) is 85.0 Å². The summed E-state index contributed by atoms with van der Waals surface area (Å²) < 4.78 is 0. The van der Waals surface area contributed by atoms with Crippen LogP contribution in [-0.4, -0.2) is 11.6 Å². The van der Waals surface area contributed by atoms with Gasteiger partial charge in [0.2, 0.25) is 0 Å². The Morgan fingerprint density at radius 1 is 0.658 bits per heavy atom. The van der Waals surface area contributed by atoms with E-state index >= 15 is 0 Å². The molecule has 4 aliphatic carbocycles. The van der Waals surface area contributed by atoms with Gasteiger partial charge in [0, 0.05) is 23.7 Å². The third kappa shape index (κ3) is 3.92. The summed E-state index contributed by atoms with van der Waals surface area (Å²) in [5.74, 6) is 1.33. The summed E-state index contributed by atoms with van der Waals surface area (Å²) in [6.45, 7) is 3.47. The minimum atomic E-state index is -0.0754. The van der Waals surface area contributed by atoms with Crippen molar-refractivity contribution in [3.8, 4) is 0 Å². The lowest BCUT2D eigenvalue weighted by Crippen LogP contribution is -2.38. The number of benzene rings is 2. The number of carbonyl (C=O) groups excluding carboxylic acids is 2. The second-order valence-electron chi connectivity index (χ2n) is 12.0. The molecule has 0 spiro atoms. The largest absolute Gasteiger partial charge is 0.300 e. The molecule has 194 valence electrons. The molecule has 0 radical (unpaired) electrons. The first-order valence-corrected chi connectivity index (χ1v) is 14.4. The third-order valence-corrected chi connectivity index (χ3v) is 10.1. The summed E-state index contributed by atoms with van der Waals surface area (Å²) in [7, 11) is 0. The number of hydrogen-bond acceptors (Lipinski definition) is 2. The van der Waals surface area contributed by atoms with Crippen molar-refractivity contribution in [1.29, 1.82) is 0 Å². The van der Waals surface area contributed by atoms with Crippen molar-refractivity contribution in [3.05, 3.63) is 107 Å². The molecule has 0 fully saturated rings. The molecule has 0 heterocycles. The van der Waals surface area contributed by atoms with Crippen LogP contribution in [0.4, 0.5) is 0 Å². The van der Waals surface area contributed by atoms with E-state index < -0.39 is 0 Å². The van der Waals surface area contributed by atoms with Gasteiger partial charge in [-0.05, 0) is 97.6 Å². The molecule has 6 rings (SSSR count). The Kier molecular flexibility index (Phi) is 6.46. The Morgan fingerprint density at radius 2 is 1.08 bits per heavy atom. The van der Waals surface area contributed by atoms with Crippen LogP contribution < -0.4 is 0 Å². The van der Waals surface area contributed by atoms with Crippen LogP contribution in [0.1, 0.15) is 87.5 Å². The van der Waals surface area contributed by atoms with E-state index in [9.17, 15) is 9.59 Å². The van der Waals surface area contributed by atoms with Crippen molar-refractivity contribution >= 4 is 22.7 Å². The van der Waals surface area contributed by atoms with Crippen molar-refractivity contribution < 1.29 is 9.59 Å². The monoisotopic (exact) mass is 502 g/mol. The van der Waals surface area contributed by atoms with Crippen molar-refractivity contribution in [3.63, 3.8) is 0 Å². The zero-order chi connectivity index (χ0) is 26.3. The van der Waals surface area contributed by atoms with Gasteiger partial charge in [-0.1, -0.05) is 85.0 Å². The molecule has 0 aromatic heterocycles. The summed E-state index contributed by atoms with van der Waals surface area (Å²) in [6, 6.07) is 17.9. The number of rotatable bonds is 9. The van der Waals surface area contributed by atoms with Gasteiger partial charge in [0.25, 0.3) is 0 Å². The van der Waals surface area contributed by atoms with Crippen LogP contribution in [-0.2, 0) is 20.4 Å². The lowest BCUT2D eigenvalue weighted by Gasteiger charge is -2.43.